The molecule has 8 nitrogen and oxygen atoms in total. The molecule has 0 heterocycles. The normalized spacial score (nSPS) is 11.6. The molecule has 1 aromatic rings. The number of nitrogens with one attached hydrogen (secondary N) is 3. The molecule has 3 amide bonds. The summed E-state index contributed by atoms with van der Waals surface area (Å²) in [6.07, 6.45) is 0. The van der Waals surface area contributed by atoms with E-state index in [1.165, 1.54) is 6.92 Å². The van der Waals surface area contributed by atoms with E-state index in [9.17, 15) is 14.4 Å². The second kappa shape index (κ2) is 10.3. The van der Waals surface area contributed by atoms with Crippen LogP contribution in [0.3, 0.4) is 0 Å². The molecule has 0 unspecified atom stereocenters. The van der Waals surface area contributed by atoms with Crippen LogP contribution in [-0.4, -0.2) is 43.5 Å². The van der Waals surface area contributed by atoms with Gasteiger partial charge >= 0.3 is 0 Å². The van der Waals surface area contributed by atoms with Crippen LogP contribution in [0.1, 0.15) is 20.8 Å². The summed E-state index contributed by atoms with van der Waals surface area (Å²) in [6, 6.07) is 6.32. The quantitative estimate of drug-likeness (QED) is 0.475. The van der Waals surface area contributed by atoms with Crippen LogP contribution in [0.15, 0.2) is 24.3 Å². The molecule has 0 saturated heterocycles. The SMILES string of the molecule is CC(=O)Nc1cccc(OCCNC(=O)CNC(=O)[C@@H](N)C(C)C)c1. The molecule has 1 aromatic carbocycles. The van der Waals surface area contributed by atoms with Gasteiger partial charge in [-0.1, -0.05) is 19.9 Å². The van der Waals surface area contributed by atoms with Crippen molar-refractivity contribution in [3.05, 3.63) is 24.3 Å². The Labute approximate surface area is 147 Å². The van der Waals surface area contributed by atoms with Gasteiger partial charge in [0.1, 0.15) is 12.4 Å². The first kappa shape index (κ1) is 20.4. The Kier molecular flexibility index (Phi) is 8.42. The zero-order valence-electron chi connectivity index (χ0n) is 14.8. The van der Waals surface area contributed by atoms with Gasteiger partial charge in [-0.25, -0.2) is 0 Å². The van der Waals surface area contributed by atoms with Gasteiger partial charge in [-0.15, -0.1) is 0 Å². The Hall–Kier alpha value is -2.61. The van der Waals surface area contributed by atoms with Crippen LogP contribution in [0.25, 0.3) is 0 Å². The number of hydrogen-bond acceptors (Lipinski definition) is 5. The number of rotatable bonds is 9. The van der Waals surface area contributed by atoms with Gasteiger partial charge in [0.25, 0.3) is 0 Å². The molecule has 0 radical (unpaired) electrons. The summed E-state index contributed by atoms with van der Waals surface area (Å²) in [5, 5.41) is 7.78. The maximum Gasteiger partial charge on any atom is 0.239 e. The van der Waals surface area contributed by atoms with Crippen LogP contribution < -0.4 is 26.4 Å². The fourth-order valence-electron chi connectivity index (χ4n) is 1.88. The lowest BCUT2D eigenvalue weighted by atomic mass is 10.1. The average Bonchev–Trinajstić information content (AvgIpc) is 2.55. The lowest BCUT2D eigenvalue weighted by Gasteiger charge is -2.15. The fraction of sp³-hybridized carbons (Fsp3) is 0.471. The molecule has 0 aliphatic heterocycles. The van der Waals surface area contributed by atoms with E-state index in [1.54, 1.807) is 24.3 Å². The van der Waals surface area contributed by atoms with Gasteiger partial charge in [0, 0.05) is 18.7 Å². The molecule has 0 aromatic heterocycles. The first-order chi connectivity index (χ1) is 11.8. The van der Waals surface area contributed by atoms with Gasteiger partial charge in [0.2, 0.25) is 17.7 Å². The van der Waals surface area contributed by atoms with E-state index in [4.69, 9.17) is 10.5 Å². The molecule has 8 heteroatoms. The van der Waals surface area contributed by atoms with Gasteiger partial charge in [0.05, 0.1) is 19.1 Å². The van der Waals surface area contributed by atoms with E-state index < -0.39 is 6.04 Å². The standard InChI is InChI=1S/C17H26N4O4/c1-11(2)16(18)17(24)20-10-15(23)19-7-8-25-14-6-4-5-13(9-14)21-12(3)22/h4-6,9,11,16H,7-8,10,18H2,1-3H3,(H,19,23)(H,20,24)(H,21,22)/t16-/m0/s1. The summed E-state index contributed by atoms with van der Waals surface area (Å²) in [7, 11) is 0. The molecule has 0 aliphatic carbocycles. The first-order valence-electron chi connectivity index (χ1n) is 8.10. The van der Waals surface area contributed by atoms with Crippen LogP contribution >= 0.6 is 0 Å². The van der Waals surface area contributed by atoms with Gasteiger partial charge in [-0.05, 0) is 18.1 Å². The van der Waals surface area contributed by atoms with Crippen molar-refractivity contribution in [2.75, 3.05) is 25.0 Å². The third kappa shape index (κ3) is 8.16. The molecule has 0 saturated carbocycles. The number of carbonyl (C=O) groups excluding carboxylic acids is 3. The number of benzene rings is 1. The topological polar surface area (TPSA) is 123 Å². The van der Waals surface area contributed by atoms with E-state index in [1.807, 2.05) is 13.8 Å². The van der Waals surface area contributed by atoms with Gasteiger partial charge in [-0.3, -0.25) is 14.4 Å². The van der Waals surface area contributed by atoms with Crippen LogP contribution in [-0.2, 0) is 14.4 Å². The summed E-state index contributed by atoms with van der Waals surface area (Å²) in [5.41, 5.74) is 6.32. The molecule has 25 heavy (non-hydrogen) atoms. The van der Waals surface area contributed by atoms with Crippen molar-refractivity contribution in [3.8, 4) is 5.75 Å². The summed E-state index contributed by atoms with van der Waals surface area (Å²) in [4.78, 5) is 34.3. The Morgan fingerprint density at radius 2 is 1.92 bits per heavy atom. The summed E-state index contributed by atoms with van der Waals surface area (Å²) in [5.74, 6) is -0.249. The zero-order valence-corrected chi connectivity index (χ0v) is 14.8. The second-order valence-electron chi connectivity index (χ2n) is 5.90. The maximum absolute atomic E-state index is 11.7. The minimum atomic E-state index is -0.632. The molecular formula is C17H26N4O4. The molecule has 0 bridgehead atoms. The summed E-state index contributed by atoms with van der Waals surface area (Å²) < 4.78 is 5.50. The third-order valence-corrected chi connectivity index (χ3v) is 3.29. The number of carbonyl (C=O) groups is 3. The minimum absolute atomic E-state index is 0.00437. The molecule has 0 fully saturated rings. The van der Waals surface area contributed by atoms with Gasteiger partial charge in [-0.2, -0.15) is 0 Å². The van der Waals surface area contributed by atoms with Crippen LogP contribution in [0, 0.1) is 5.92 Å². The zero-order chi connectivity index (χ0) is 18.8. The van der Waals surface area contributed by atoms with Gasteiger partial charge < -0.3 is 26.4 Å². The Bertz CT molecular complexity index is 604. The highest BCUT2D eigenvalue weighted by Crippen LogP contribution is 2.16. The minimum Gasteiger partial charge on any atom is -0.492 e. The highest BCUT2D eigenvalue weighted by molar-refractivity contribution is 5.89. The van der Waals surface area contributed by atoms with Crippen molar-refractivity contribution in [1.82, 2.24) is 10.6 Å². The number of ether oxygens (including phenoxy) is 1. The smallest absolute Gasteiger partial charge is 0.239 e. The Balaban J connectivity index is 2.26. The Morgan fingerprint density at radius 3 is 2.56 bits per heavy atom. The largest absolute Gasteiger partial charge is 0.492 e. The lowest BCUT2D eigenvalue weighted by Crippen LogP contribution is -2.47. The molecule has 5 N–H and O–H groups in total. The van der Waals surface area contributed by atoms with Crippen molar-refractivity contribution in [1.29, 1.82) is 0 Å². The van der Waals surface area contributed by atoms with Crippen molar-refractivity contribution in [3.63, 3.8) is 0 Å². The molecule has 1 atom stereocenters. The Morgan fingerprint density at radius 1 is 1.20 bits per heavy atom. The second-order valence-corrected chi connectivity index (χ2v) is 5.90. The first-order valence-corrected chi connectivity index (χ1v) is 8.10. The van der Waals surface area contributed by atoms with Crippen LogP contribution in [0.5, 0.6) is 5.75 Å². The predicted molar refractivity (Wildman–Crippen MR) is 95.1 cm³/mol. The average molecular weight is 350 g/mol. The monoisotopic (exact) mass is 350 g/mol. The fourth-order valence-corrected chi connectivity index (χ4v) is 1.88. The molecule has 0 aliphatic rings. The van der Waals surface area contributed by atoms with Crippen LogP contribution in [0.4, 0.5) is 5.69 Å². The van der Waals surface area contributed by atoms with Crippen molar-refractivity contribution < 1.29 is 19.1 Å². The molecule has 0 spiro atoms. The summed E-state index contributed by atoms with van der Waals surface area (Å²) in [6.45, 7) is 5.52. The maximum atomic E-state index is 11.7. The van der Waals surface area contributed by atoms with Crippen molar-refractivity contribution in [2.24, 2.45) is 11.7 Å². The molecule has 138 valence electrons. The van der Waals surface area contributed by atoms with Gasteiger partial charge in [0.15, 0.2) is 0 Å². The highest BCUT2D eigenvalue weighted by atomic mass is 16.5. The van der Waals surface area contributed by atoms with E-state index in [0.29, 0.717) is 11.4 Å². The van der Waals surface area contributed by atoms with E-state index in [-0.39, 0.29) is 43.3 Å². The lowest BCUT2D eigenvalue weighted by molar-refractivity contribution is -0.127. The molecule has 1 rings (SSSR count). The number of hydrogen-bond donors (Lipinski definition) is 4. The van der Waals surface area contributed by atoms with E-state index in [0.717, 1.165) is 0 Å². The number of nitrogens with two attached hydrogens (primary N) is 1. The predicted octanol–water partition coefficient (Wildman–Crippen LogP) is 0.240. The molecular weight excluding hydrogens is 324 g/mol. The highest BCUT2D eigenvalue weighted by Gasteiger charge is 2.17. The summed E-state index contributed by atoms with van der Waals surface area (Å²) >= 11 is 0. The van der Waals surface area contributed by atoms with Crippen LogP contribution in [0.2, 0.25) is 0 Å². The van der Waals surface area contributed by atoms with E-state index in [2.05, 4.69) is 16.0 Å². The van der Waals surface area contributed by atoms with Crippen molar-refractivity contribution >= 4 is 23.4 Å². The third-order valence-electron chi connectivity index (χ3n) is 3.29. The van der Waals surface area contributed by atoms with Crippen molar-refractivity contribution in [2.45, 2.75) is 26.8 Å². The van der Waals surface area contributed by atoms with E-state index >= 15 is 0 Å². The number of anilines is 1. The number of amides is 3.